The van der Waals surface area contributed by atoms with Crippen LogP contribution in [-0.2, 0) is 13.0 Å². The van der Waals surface area contributed by atoms with Crippen LogP contribution in [0.4, 0.5) is 0 Å². The fourth-order valence-electron chi connectivity index (χ4n) is 2.78. The second kappa shape index (κ2) is 5.67. The Labute approximate surface area is 112 Å². The number of hydrogen-bond donors (Lipinski definition) is 1. The third-order valence-corrected chi connectivity index (χ3v) is 3.76. The molecular weight excluding hydrogens is 240 g/mol. The van der Waals surface area contributed by atoms with Crippen LogP contribution in [0.25, 0.3) is 11.2 Å². The lowest BCUT2D eigenvalue weighted by Crippen LogP contribution is -2.25. The van der Waals surface area contributed by atoms with Crippen molar-refractivity contribution in [1.29, 1.82) is 0 Å². The van der Waals surface area contributed by atoms with E-state index in [2.05, 4.69) is 19.4 Å². The first kappa shape index (κ1) is 12.6. The first-order chi connectivity index (χ1) is 9.38. The van der Waals surface area contributed by atoms with E-state index in [9.17, 15) is 0 Å². The highest BCUT2D eigenvalue weighted by Gasteiger charge is 2.14. The zero-order valence-corrected chi connectivity index (χ0v) is 11.1. The predicted molar refractivity (Wildman–Crippen MR) is 74.0 cm³/mol. The Balaban J connectivity index is 1.84. The zero-order valence-electron chi connectivity index (χ0n) is 11.1. The second-order valence-corrected chi connectivity index (χ2v) is 5.05. The number of hydrogen-bond acceptors (Lipinski definition) is 4. The molecule has 0 amide bonds. The van der Waals surface area contributed by atoms with E-state index < -0.39 is 0 Å². The Morgan fingerprint density at radius 1 is 1.21 bits per heavy atom. The maximum atomic E-state index is 9.16. The van der Waals surface area contributed by atoms with Crippen LogP contribution in [0.1, 0.15) is 18.7 Å². The number of rotatable bonds is 5. The molecule has 0 aromatic carbocycles. The van der Waals surface area contributed by atoms with E-state index in [0.29, 0.717) is 6.42 Å². The van der Waals surface area contributed by atoms with E-state index in [1.54, 1.807) is 6.20 Å². The molecule has 0 aliphatic carbocycles. The fraction of sp³-hybridized carbons (Fsp3) is 0.571. The predicted octanol–water partition coefficient (Wildman–Crippen LogP) is 1.06. The van der Waals surface area contributed by atoms with Crippen molar-refractivity contribution in [3.63, 3.8) is 0 Å². The molecule has 2 aromatic rings. The molecule has 1 saturated heterocycles. The number of fused-ring (bicyclic) bond motifs is 1. The molecule has 5 heteroatoms. The van der Waals surface area contributed by atoms with Gasteiger partial charge >= 0.3 is 0 Å². The zero-order chi connectivity index (χ0) is 13.1. The van der Waals surface area contributed by atoms with Gasteiger partial charge in [-0.2, -0.15) is 0 Å². The Kier molecular flexibility index (Phi) is 3.75. The minimum absolute atomic E-state index is 0.132. The van der Waals surface area contributed by atoms with Gasteiger partial charge in [-0.15, -0.1) is 0 Å². The van der Waals surface area contributed by atoms with Crippen LogP contribution in [-0.4, -0.2) is 50.8 Å². The molecule has 3 heterocycles. The Morgan fingerprint density at radius 2 is 2.05 bits per heavy atom. The maximum Gasteiger partial charge on any atom is 0.160 e. The van der Waals surface area contributed by atoms with Gasteiger partial charge in [0.1, 0.15) is 11.3 Å². The highest BCUT2D eigenvalue weighted by Crippen LogP contribution is 2.15. The minimum Gasteiger partial charge on any atom is -0.396 e. The van der Waals surface area contributed by atoms with Crippen molar-refractivity contribution in [3.8, 4) is 0 Å². The summed E-state index contributed by atoms with van der Waals surface area (Å²) in [5.41, 5.74) is 1.86. The van der Waals surface area contributed by atoms with Crippen LogP contribution >= 0.6 is 0 Å². The average Bonchev–Trinajstić information content (AvgIpc) is 3.04. The summed E-state index contributed by atoms with van der Waals surface area (Å²) < 4.78 is 2.16. The van der Waals surface area contributed by atoms with Gasteiger partial charge in [0.2, 0.25) is 0 Å². The van der Waals surface area contributed by atoms with Gasteiger partial charge in [0.15, 0.2) is 5.65 Å². The molecule has 0 bridgehead atoms. The molecule has 0 atom stereocenters. The topological polar surface area (TPSA) is 54.2 Å². The number of imidazole rings is 1. The Hall–Kier alpha value is -1.46. The van der Waals surface area contributed by atoms with Gasteiger partial charge in [0.05, 0.1) is 6.61 Å². The van der Waals surface area contributed by atoms with Crippen LogP contribution in [0, 0.1) is 0 Å². The molecule has 1 N–H and O–H groups in total. The lowest BCUT2D eigenvalue weighted by Gasteiger charge is -2.16. The first-order valence-corrected chi connectivity index (χ1v) is 7.02. The standard InChI is InChI=1S/C14H20N4O/c19-11-5-13-16-12-4-3-6-15-14(12)18(13)10-9-17-7-1-2-8-17/h3-4,6,19H,1-2,5,7-11H2. The summed E-state index contributed by atoms with van der Waals surface area (Å²) in [6.45, 7) is 4.49. The summed E-state index contributed by atoms with van der Waals surface area (Å²) in [4.78, 5) is 11.5. The maximum absolute atomic E-state index is 9.16. The molecule has 5 nitrogen and oxygen atoms in total. The first-order valence-electron chi connectivity index (χ1n) is 7.02. The summed E-state index contributed by atoms with van der Waals surface area (Å²) >= 11 is 0. The van der Waals surface area contributed by atoms with Crippen molar-refractivity contribution in [2.24, 2.45) is 0 Å². The van der Waals surface area contributed by atoms with Crippen molar-refractivity contribution in [2.45, 2.75) is 25.8 Å². The van der Waals surface area contributed by atoms with Gasteiger partial charge in [-0.25, -0.2) is 9.97 Å². The molecule has 0 spiro atoms. The molecule has 0 saturated carbocycles. The van der Waals surface area contributed by atoms with Crippen molar-refractivity contribution < 1.29 is 5.11 Å². The molecule has 102 valence electrons. The summed E-state index contributed by atoms with van der Waals surface area (Å²) in [6, 6.07) is 3.89. The molecule has 1 aliphatic rings. The van der Waals surface area contributed by atoms with E-state index in [1.165, 1.54) is 25.9 Å². The number of aliphatic hydroxyl groups is 1. The lowest BCUT2D eigenvalue weighted by atomic mass is 10.4. The molecule has 3 rings (SSSR count). The quantitative estimate of drug-likeness (QED) is 0.873. The molecule has 1 aliphatic heterocycles. The molecule has 2 aromatic heterocycles. The van der Waals surface area contributed by atoms with Gasteiger partial charge in [0.25, 0.3) is 0 Å². The molecule has 0 unspecified atom stereocenters. The SMILES string of the molecule is OCCc1nc2cccnc2n1CCN1CCCC1. The highest BCUT2D eigenvalue weighted by molar-refractivity contribution is 5.71. The van der Waals surface area contributed by atoms with Crippen LogP contribution in [0.3, 0.4) is 0 Å². The summed E-state index contributed by atoms with van der Waals surface area (Å²) in [7, 11) is 0. The normalized spacial score (nSPS) is 16.5. The Bertz CT molecular complexity index is 545. The third kappa shape index (κ3) is 2.62. The van der Waals surface area contributed by atoms with Crippen molar-refractivity contribution >= 4 is 11.2 Å². The van der Waals surface area contributed by atoms with Crippen LogP contribution in [0.5, 0.6) is 0 Å². The smallest absolute Gasteiger partial charge is 0.160 e. The second-order valence-electron chi connectivity index (χ2n) is 5.05. The lowest BCUT2D eigenvalue weighted by molar-refractivity contribution is 0.290. The van der Waals surface area contributed by atoms with Crippen molar-refractivity contribution in [2.75, 3.05) is 26.2 Å². The van der Waals surface area contributed by atoms with Crippen molar-refractivity contribution in [3.05, 3.63) is 24.2 Å². The van der Waals surface area contributed by atoms with Crippen LogP contribution in [0.15, 0.2) is 18.3 Å². The summed E-state index contributed by atoms with van der Waals surface area (Å²) in [6.07, 6.45) is 5.02. The largest absolute Gasteiger partial charge is 0.396 e. The number of aliphatic hydroxyl groups excluding tert-OH is 1. The van der Waals surface area contributed by atoms with Crippen molar-refractivity contribution in [1.82, 2.24) is 19.4 Å². The van der Waals surface area contributed by atoms with E-state index in [-0.39, 0.29) is 6.61 Å². The molecule has 1 fully saturated rings. The minimum atomic E-state index is 0.132. The summed E-state index contributed by atoms with van der Waals surface area (Å²) in [5, 5.41) is 9.16. The highest BCUT2D eigenvalue weighted by atomic mass is 16.3. The number of pyridine rings is 1. The average molecular weight is 260 g/mol. The van der Waals surface area contributed by atoms with E-state index in [0.717, 1.165) is 30.1 Å². The van der Waals surface area contributed by atoms with E-state index in [4.69, 9.17) is 5.11 Å². The van der Waals surface area contributed by atoms with Crippen LogP contribution < -0.4 is 0 Å². The molecular formula is C14H20N4O. The van der Waals surface area contributed by atoms with Gasteiger partial charge in [0, 0.05) is 25.7 Å². The monoisotopic (exact) mass is 260 g/mol. The van der Waals surface area contributed by atoms with Gasteiger partial charge in [-0.1, -0.05) is 0 Å². The number of nitrogens with zero attached hydrogens (tertiary/aromatic N) is 4. The molecule has 0 radical (unpaired) electrons. The Morgan fingerprint density at radius 3 is 2.84 bits per heavy atom. The third-order valence-electron chi connectivity index (χ3n) is 3.76. The number of aromatic nitrogens is 3. The van der Waals surface area contributed by atoms with Crippen LogP contribution in [0.2, 0.25) is 0 Å². The van der Waals surface area contributed by atoms with Gasteiger partial charge in [-0.05, 0) is 38.1 Å². The van der Waals surface area contributed by atoms with Gasteiger partial charge < -0.3 is 14.6 Å². The van der Waals surface area contributed by atoms with E-state index in [1.807, 2.05) is 12.1 Å². The fourth-order valence-corrected chi connectivity index (χ4v) is 2.78. The summed E-state index contributed by atoms with van der Waals surface area (Å²) in [5.74, 6) is 0.940. The van der Waals surface area contributed by atoms with E-state index >= 15 is 0 Å². The molecule has 19 heavy (non-hydrogen) atoms. The number of likely N-dealkylation sites (tertiary alicyclic amines) is 1. The van der Waals surface area contributed by atoms with Gasteiger partial charge in [-0.3, -0.25) is 0 Å².